The van der Waals surface area contributed by atoms with Gasteiger partial charge in [-0.2, -0.15) is 5.10 Å². The summed E-state index contributed by atoms with van der Waals surface area (Å²) in [6, 6.07) is 2.23. The number of nitrogens with one attached hydrogen (secondary N) is 3. The number of aliphatic hydroxyl groups is 1. The molecule has 0 aromatic carbocycles. The zero-order valence-electron chi connectivity index (χ0n) is 19.4. The molecule has 3 heterocycles. The molecule has 0 spiro atoms. The van der Waals surface area contributed by atoms with E-state index >= 15 is 0 Å². The predicted molar refractivity (Wildman–Crippen MR) is 129 cm³/mol. The van der Waals surface area contributed by atoms with E-state index < -0.39 is 5.60 Å². The SMILES string of the molecule is CC1=CC(c2cnc3c(NCC(C)(C)O)cc(Sc4nnc[nH]4)nn23)CC=C1C(=O)NC1CC1. The third-order valence-electron chi connectivity index (χ3n) is 5.77. The highest BCUT2D eigenvalue weighted by atomic mass is 32.2. The van der Waals surface area contributed by atoms with Crippen molar-refractivity contribution in [3.8, 4) is 0 Å². The van der Waals surface area contributed by atoms with E-state index in [4.69, 9.17) is 5.10 Å². The van der Waals surface area contributed by atoms with E-state index in [0.717, 1.165) is 35.4 Å². The second-order valence-electron chi connectivity index (χ2n) is 9.43. The fourth-order valence-electron chi connectivity index (χ4n) is 3.88. The quantitative estimate of drug-likeness (QED) is 0.387. The molecule has 1 unspecified atom stereocenters. The largest absolute Gasteiger partial charge is 0.389 e. The molecular formula is C23H28N8O2S. The van der Waals surface area contributed by atoms with E-state index in [0.29, 0.717) is 34.8 Å². The summed E-state index contributed by atoms with van der Waals surface area (Å²) in [7, 11) is 0. The van der Waals surface area contributed by atoms with Crippen LogP contribution in [0.4, 0.5) is 5.69 Å². The number of hydrogen-bond acceptors (Lipinski definition) is 8. The summed E-state index contributed by atoms with van der Waals surface area (Å²) < 4.78 is 1.84. The van der Waals surface area contributed by atoms with Crippen LogP contribution in [0.2, 0.25) is 0 Å². The number of rotatable bonds is 8. The molecule has 3 aromatic heterocycles. The van der Waals surface area contributed by atoms with Crippen LogP contribution in [0.1, 0.15) is 51.6 Å². The van der Waals surface area contributed by atoms with Gasteiger partial charge in [-0.1, -0.05) is 12.2 Å². The first kappa shape index (κ1) is 22.6. The number of fused-ring (bicyclic) bond motifs is 1. The molecule has 10 nitrogen and oxygen atoms in total. The van der Waals surface area contributed by atoms with Crippen LogP contribution in [0, 0.1) is 0 Å². The summed E-state index contributed by atoms with van der Waals surface area (Å²) in [5.41, 5.74) is 3.18. The standard InChI is InChI=1S/C23H28N8O2S/c1-13-8-14(4-7-16(13)21(32)28-15-5-6-15)18-10-24-20-17(25-11-23(2,3)33)9-19(30-31(18)20)34-22-26-12-27-29-22/h7-10,12,14-15,25,33H,4-6,11H2,1-3H3,(H,28,32)(H,26,27,29). The first-order valence-corrected chi connectivity index (χ1v) is 12.2. The lowest BCUT2D eigenvalue weighted by molar-refractivity contribution is -0.117. The van der Waals surface area contributed by atoms with Gasteiger partial charge in [-0.15, -0.1) is 10.2 Å². The van der Waals surface area contributed by atoms with Crippen LogP contribution in [0.3, 0.4) is 0 Å². The van der Waals surface area contributed by atoms with E-state index in [9.17, 15) is 9.90 Å². The fraction of sp³-hybridized carbons (Fsp3) is 0.435. The first-order chi connectivity index (χ1) is 16.3. The van der Waals surface area contributed by atoms with E-state index in [2.05, 4.69) is 36.9 Å². The molecule has 2 aliphatic rings. The molecule has 0 bridgehead atoms. The van der Waals surface area contributed by atoms with E-state index in [1.165, 1.54) is 18.1 Å². The van der Waals surface area contributed by atoms with Gasteiger partial charge >= 0.3 is 0 Å². The molecular weight excluding hydrogens is 452 g/mol. The molecule has 0 saturated heterocycles. The number of anilines is 1. The third kappa shape index (κ3) is 5.00. The normalized spacial score (nSPS) is 18.5. The lowest BCUT2D eigenvalue weighted by Gasteiger charge is -2.21. The average Bonchev–Trinajstić information content (AvgIpc) is 3.26. The van der Waals surface area contributed by atoms with Gasteiger partial charge in [0.2, 0.25) is 0 Å². The summed E-state index contributed by atoms with van der Waals surface area (Å²) in [5, 5.41) is 30.6. The van der Waals surface area contributed by atoms with Crippen molar-refractivity contribution in [2.24, 2.45) is 0 Å². The molecule has 11 heteroatoms. The minimum absolute atomic E-state index is 0.00909. The molecule has 0 radical (unpaired) electrons. The topological polar surface area (TPSA) is 133 Å². The Balaban J connectivity index is 1.46. The minimum Gasteiger partial charge on any atom is -0.389 e. The van der Waals surface area contributed by atoms with Gasteiger partial charge in [0.15, 0.2) is 10.8 Å². The molecule has 1 atom stereocenters. The number of allylic oxidation sites excluding steroid dienone is 2. The summed E-state index contributed by atoms with van der Waals surface area (Å²) in [6.07, 6.45) is 10.3. The zero-order chi connectivity index (χ0) is 23.9. The highest BCUT2D eigenvalue weighted by Gasteiger charge is 2.28. The molecule has 5 rings (SSSR count). The molecule has 1 amide bonds. The number of imidazole rings is 1. The maximum atomic E-state index is 12.6. The van der Waals surface area contributed by atoms with Crippen molar-refractivity contribution in [2.45, 2.75) is 67.8 Å². The van der Waals surface area contributed by atoms with Crippen molar-refractivity contribution in [1.29, 1.82) is 0 Å². The Kier molecular flexibility index (Phi) is 5.90. The number of amides is 1. The Hall–Kier alpha value is -3.18. The second kappa shape index (κ2) is 8.88. The smallest absolute Gasteiger partial charge is 0.251 e. The highest BCUT2D eigenvalue weighted by molar-refractivity contribution is 7.99. The number of carbonyl (C=O) groups is 1. The molecule has 34 heavy (non-hydrogen) atoms. The van der Waals surface area contributed by atoms with E-state index in [-0.39, 0.29) is 11.8 Å². The monoisotopic (exact) mass is 480 g/mol. The summed E-state index contributed by atoms with van der Waals surface area (Å²) in [5.74, 6) is 0.0439. The molecule has 0 aliphatic heterocycles. The van der Waals surface area contributed by atoms with Gasteiger partial charge in [0.1, 0.15) is 11.4 Å². The van der Waals surface area contributed by atoms with Crippen molar-refractivity contribution < 1.29 is 9.90 Å². The van der Waals surface area contributed by atoms with Gasteiger partial charge in [0.25, 0.3) is 5.91 Å². The van der Waals surface area contributed by atoms with Crippen molar-refractivity contribution >= 4 is 29.0 Å². The van der Waals surface area contributed by atoms with Gasteiger partial charge in [0, 0.05) is 24.1 Å². The molecule has 1 fully saturated rings. The molecule has 2 aliphatic carbocycles. The zero-order valence-corrected chi connectivity index (χ0v) is 20.2. The summed E-state index contributed by atoms with van der Waals surface area (Å²) >= 11 is 1.36. The Labute approximate surface area is 201 Å². The van der Waals surface area contributed by atoms with Crippen molar-refractivity contribution in [3.05, 3.63) is 47.6 Å². The van der Waals surface area contributed by atoms with Crippen LogP contribution in [0.5, 0.6) is 0 Å². The van der Waals surface area contributed by atoms with Crippen LogP contribution in [-0.2, 0) is 4.79 Å². The summed E-state index contributed by atoms with van der Waals surface area (Å²) in [4.78, 5) is 20.2. The van der Waals surface area contributed by atoms with Gasteiger partial charge in [-0.25, -0.2) is 9.50 Å². The number of aromatic amines is 1. The van der Waals surface area contributed by atoms with Crippen molar-refractivity contribution in [2.75, 3.05) is 11.9 Å². The number of hydrogen-bond donors (Lipinski definition) is 4. The van der Waals surface area contributed by atoms with Gasteiger partial charge in [-0.3, -0.25) is 4.79 Å². The Morgan fingerprint density at radius 3 is 2.88 bits per heavy atom. The Bertz CT molecular complexity index is 1270. The summed E-state index contributed by atoms with van der Waals surface area (Å²) in [6.45, 7) is 5.82. The van der Waals surface area contributed by atoms with Crippen LogP contribution in [-0.4, -0.2) is 59.0 Å². The molecule has 1 saturated carbocycles. The Morgan fingerprint density at radius 2 is 2.21 bits per heavy atom. The second-order valence-corrected chi connectivity index (χ2v) is 10.4. The molecule has 178 valence electrons. The minimum atomic E-state index is -0.890. The molecule has 4 N–H and O–H groups in total. The van der Waals surface area contributed by atoms with Crippen LogP contribution < -0.4 is 10.6 Å². The van der Waals surface area contributed by atoms with Gasteiger partial charge < -0.3 is 20.7 Å². The van der Waals surface area contributed by atoms with Crippen molar-refractivity contribution in [1.82, 2.24) is 35.1 Å². The van der Waals surface area contributed by atoms with Crippen LogP contribution in [0.15, 0.2) is 52.1 Å². The predicted octanol–water partition coefficient (Wildman–Crippen LogP) is 2.82. The maximum Gasteiger partial charge on any atom is 0.251 e. The molecule has 3 aromatic rings. The van der Waals surface area contributed by atoms with Crippen LogP contribution in [0.25, 0.3) is 5.65 Å². The number of H-pyrrole nitrogens is 1. The van der Waals surface area contributed by atoms with E-state index in [1.54, 1.807) is 13.8 Å². The average molecular weight is 481 g/mol. The first-order valence-electron chi connectivity index (χ1n) is 11.4. The maximum absolute atomic E-state index is 12.6. The number of aromatic nitrogens is 6. The highest BCUT2D eigenvalue weighted by Crippen LogP contribution is 2.34. The number of nitrogens with zero attached hydrogens (tertiary/aromatic N) is 5. The van der Waals surface area contributed by atoms with E-state index in [1.807, 2.05) is 29.8 Å². The Morgan fingerprint density at radius 1 is 1.38 bits per heavy atom. The van der Waals surface area contributed by atoms with Crippen LogP contribution >= 0.6 is 11.8 Å². The lowest BCUT2D eigenvalue weighted by Crippen LogP contribution is -2.29. The van der Waals surface area contributed by atoms with Crippen molar-refractivity contribution in [3.63, 3.8) is 0 Å². The fourth-order valence-corrected chi connectivity index (χ4v) is 4.58. The third-order valence-corrected chi connectivity index (χ3v) is 6.57. The number of carbonyl (C=O) groups excluding carboxylic acids is 1. The van der Waals surface area contributed by atoms with Gasteiger partial charge in [-0.05, 0) is 63.4 Å². The van der Waals surface area contributed by atoms with Gasteiger partial charge in [0.05, 0.1) is 23.2 Å². The lowest BCUT2D eigenvalue weighted by atomic mass is 9.89.